The molecule has 2 atom stereocenters. The number of benzene rings is 1. The van der Waals surface area contributed by atoms with E-state index in [-0.39, 0.29) is 17.0 Å². The third kappa shape index (κ3) is 2.84. The van der Waals surface area contributed by atoms with Gasteiger partial charge in [-0.05, 0) is 31.0 Å². The fourth-order valence-electron chi connectivity index (χ4n) is 2.36. The molecule has 0 aromatic heterocycles. The molecule has 4 nitrogen and oxygen atoms in total. The van der Waals surface area contributed by atoms with Crippen molar-refractivity contribution in [1.82, 2.24) is 5.32 Å². The Morgan fingerprint density at radius 2 is 2.22 bits per heavy atom. The van der Waals surface area contributed by atoms with Crippen LogP contribution in [-0.2, 0) is 16.3 Å². The van der Waals surface area contributed by atoms with Gasteiger partial charge in [0.2, 0.25) is 0 Å². The van der Waals surface area contributed by atoms with Gasteiger partial charge in [0.25, 0.3) is 0 Å². The molecule has 0 radical (unpaired) electrons. The van der Waals surface area contributed by atoms with Gasteiger partial charge in [-0.3, -0.25) is 0 Å². The van der Waals surface area contributed by atoms with Crippen molar-refractivity contribution in [3.63, 3.8) is 0 Å². The molecule has 1 aliphatic rings. The lowest BCUT2D eigenvalue weighted by atomic mass is 10.1. The Morgan fingerprint density at radius 3 is 2.89 bits per heavy atom. The molecule has 0 spiro atoms. The van der Waals surface area contributed by atoms with E-state index in [9.17, 15) is 8.42 Å². The van der Waals surface area contributed by atoms with Crippen LogP contribution in [0.3, 0.4) is 0 Å². The Balaban J connectivity index is 2.20. The molecule has 0 bridgehead atoms. The van der Waals surface area contributed by atoms with Crippen LogP contribution < -0.4 is 10.1 Å². The number of methoxy groups -OCH3 is 1. The van der Waals surface area contributed by atoms with Crippen LogP contribution in [0.1, 0.15) is 12.5 Å². The van der Waals surface area contributed by atoms with Crippen molar-refractivity contribution in [1.29, 1.82) is 0 Å². The van der Waals surface area contributed by atoms with Crippen LogP contribution in [0.5, 0.6) is 5.75 Å². The second-order valence-electron chi connectivity index (χ2n) is 4.70. The van der Waals surface area contributed by atoms with Crippen molar-refractivity contribution >= 4 is 9.84 Å². The molecule has 1 aliphatic heterocycles. The normalized spacial score (nSPS) is 26.8. The van der Waals surface area contributed by atoms with Gasteiger partial charge in [-0.1, -0.05) is 12.1 Å². The first-order chi connectivity index (χ1) is 8.53. The van der Waals surface area contributed by atoms with E-state index in [0.717, 1.165) is 11.3 Å². The highest BCUT2D eigenvalue weighted by molar-refractivity contribution is 7.92. The SMILES string of the molecule is COc1cccc(CC2C(C)NCCS2(=O)=O)c1. The summed E-state index contributed by atoms with van der Waals surface area (Å²) in [6.45, 7) is 2.49. The molecule has 1 heterocycles. The summed E-state index contributed by atoms with van der Waals surface area (Å²) in [5, 5.41) is 2.88. The molecule has 2 unspecified atom stereocenters. The predicted molar refractivity (Wildman–Crippen MR) is 71.7 cm³/mol. The molecule has 1 N–H and O–H groups in total. The Bertz CT molecular complexity index is 513. The molecule has 2 rings (SSSR count). The number of hydrogen-bond acceptors (Lipinski definition) is 4. The van der Waals surface area contributed by atoms with E-state index in [0.29, 0.717) is 13.0 Å². The molecule has 100 valence electrons. The zero-order valence-corrected chi connectivity index (χ0v) is 11.5. The maximum Gasteiger partial charge on any atom is 0.156 e. The standard InChI is InChI=1S/C13H19NO3S/c1-10-13(18(15,16)7-6-14-10)9-11-4-3-5-12(8-11)17-2/h3-5,8,10,13-14H,6-7,9H2,1-2H3. The first-order valence-corrected chi connectivity index (χ1v) is 7.82. The van der Waals surface area contributed by atoms with Crippen molar-refractivity contribution in [3.8, 4) is 5.75 Å². The lowest BCUT2D eigenvalue weighted by Gasteiger charge is -2.30. The fraction of sp³-hybridized carbons (Fsp3) is 0.538. The van der Waals surface area contributed by atoms with Gasteiger partial charge < -0.3 is 10.1 Å². The summed E-state index contributed by atoms with van der Waals surface area (Å²) in [5.41, 5.74) is 0.999. The lowest BCUT2D eigenvalue weighted by Crippen LogP contribution is -2.51. The van der Waals surface area contributed by atoms with Crippen LogP contribution in [0.4, 0.5) is 0 Å². The van der Waals surface area contributed by atoms with Crippen molar-refractivity contribution in [2.45, 2.75) is 24.6 Å². The molecule has 1 saturated heterocycles. The maximum absolute atomic E-state index is 12.1. The van der Waals surface area contributed by atoms with Gasteiger partial charge in [-0.2, -0.15) is 0 Å². The van der Waals surface area contributed by atoms with Crippen LogP contribution in [0, 0.1) is 0 Å². The van der Waals surface area contributed by atoms with E-state index in [1.165, 1.54) is 0 Å². The third-order valence-electron chi connectivity index (χ3n) is 3.44. The first-order valence-electron chi connectivity index (χ1n) is 6.11. The molecule has 1 aromatic carbocycles. The van der Waals surface area contributed by atoms with Crippen LogP contribution in [0.15, 0.2) is 24.3 Å². The summed E-state index contributed by atoms with van der Waals surface area (Å²) in [6, 6.07) is 7.59. The molecular formula is C13H19NO3S. The second kappa shape index (κ2) is 5.28. The molecule has 0 saturated carbocycles. The summed E-state index contributed by atoms with van der Waals surface area (Å²) in [7, 11) is -1.38. The number of ether oxygens (including phenoxy) is 1. The van der Waals surface area contributed by atoms with Crippen LogP contribution in [-0.4, -0.2) is 39.1 Å². The van der Waals surface area contributed by atoms with Crippen LogP contribution in [0.25, 0.3) is 0 Å². The zero-order chi connectivity index (χ0) is 13.2. The Labute approximate surface area is 108 Å². The first kappa shape index (κ1) is 13.4. The van der Waals surface area contributed by atoms with Crippen LogP contribution in [0.2, 0.25) is 0 Å². The van der Waals surface area contributed by atoms with Crippen molar-refractivity contribution < 1.29 is 13.2 Å². The number of nitrogens with one attached hydrogen (secondary N) is 1. The average Bonchev–Trinajstić information content (AvgIpc) is 2.34. The summed E-state index contributed by atoms with van der Waals surface area (Å²) >= 11 is 0. The third-order valence-corrected chi connectivity index (χ3v) is 5.71. The van der Waals surface area contributed by atoms with E-state index in [2.05, 4.69) is 5.32 Å². The predicted octanol–water partition coefficient (Wildman–Crippen LogP) is 1.01. The van der Waals surface area contributed by atoms with Gasteiger partial charge in [0.1, 0.15) is 5.75 Å². The Morgan fingerprint density at radius 1 is 1.44 bits per heavy atom. The van der Waals surface area contributed by atoms with Crippen molar-refractivity contribution in [3.05, 3.63) is 29.8 Å². The van der Waals surface area contributed by atoms with Gasteiger partial charge >= 0.3 is 0 Å². The Kier molecular flexibility index (Phi) is 3.92. The Hall–Kier alpha value is -1.07. The molecule has 5 heteroatoms. The second-order valence-corrected chi connectivity index (χ2v) is 7.04. The largest absolute Gasteiger partial charge is 0.497 e. The number of sulfone groups is 1. The van der Waals surface area contributed by atoms with Gasteiger partial charge in [0.15, 0.2) is 9.84 Å². The van der Waals surface area contributed by atoms with E-state index >= 15 is 0 Å². The van der Waals surface area contributed by atoms with Gasteiger partial charge in [-0.15, -0.1) is 0 Å². The minimum atomic E-state index is -2.99. The maximum atomic E-state index is 12.1. The number of hydrogen-bond donors (Lipinski definition) is 1. The lowest BCUT2D eigenvalue weighted by molar-refractivity contribution is 0.413. The van der Waals surface area contributed by atoms with Gasteiger partial charge in [-0.25, -0.2) is 8.42 Å². The molecule has 1 aromatic rings. The van der Waals surface area contributed by atoms with E-state index in [4.69, 9.17) is 4.74 Å². The van der Waals surface area contributed by atoms with Crippen LogP contribution >= 0.6 is 0 Å². The minimum Gasteiger partial charge on any atom is -0.497 e. The fourth-order valence-corrected chi connectivity index (χ4v) is 4.23. The topological polar surface area (TPSA) is 55.4 Å². The van der Waals surface area contributed by atoms with Crippen molar-refractivity contribution in [2.75, 3.05) is 19.4 Å². The molecule has 0 amide bonds. The summed E-state index contributed by atoms with van der Waals surface area (Å²) in [4.78, 5) is 0. The van der Waals surface area contributed by atoms with E-state index in [1.54, 1.807) is 7.11 Å². The number of rotatable bonds is 3. The van der Waals surface area contributed by atoms with Crippen molar-refractivity contribution in [2.24, 2.45) is 0 Å². The van der Waals surface area contributed by atoms with E-state index in [1.807, 2.05) is 31.2 Å². The smallest absolute Gasteiger partial charge is 0.156 e. The monoisotopic (exact) mass is 269 g/mol. The summed E-state index contributed by atoms with van der Waals surface area (Å²) in [5.74, 6) is 0.993. The highest BCUT2D eigenvalue weighted by Crippen LogP contribution is 2.20. The highest BCUT2D eigenvalue weighted by atomic mass is 32.2. The zero-order valence-electron chi connectivity index (χ0n) is 10.7. The molecule has 18 heavy (non-hydrogen) atoms. The quantitative estimate of drug-likeness (QED) is 0.890. The molecule has 0 aliphatic carbocycles. The van der Waals surface area contributed by atoms with E-state index < -0.39 is 9.84 Å². The average molecular weight is 269 g/mol. The molecule has 1 fully saturated rings. The van der Waals surface area contributed by atoms with Gasteiger partial charge in [0, 0.05) is 12.6 Å². The molecular weight excluding hydrogens is 250 g/mol. The van der Waals surface area contributed by atoms with Gasteiger partial charge in [0.05, 0.1) is 18.1 Å². The summed E-state index contributed by atoms with van der Waals surface area (Å²) in [6.07, 6.45) is 0.535. The summed E-state index contributed by atoms with van der Waals surface area (Å²) < 4.78 is 29.3. The highest BCUT2D eigenvalue weighted by Gasteiger charge is 2.34. The minimum absolute atomic E-state index is 0.00467.